The molecule has 3 amide bonds. The van der Waals surface area contributed by atoms with E-state index in [-0.39, 0.29) is 17.3 Å². The third-order valence-electron chi connectivity index (χ3n) is 5.43. The summed E-state index contributed by atoms with van der Waals surface area (Å²) in [5.41, 5.74) is 3.34. The normalized spacial score (nSPS) is 15.3. The summed E-state index contributed by atoms with van der Waals surface area (Å²) < 4.78 is 0. The zero-order chi connectivity index (χ0) is 20.0. The molecule has 6 heteroatoms. The predicted octanol–water partition coefficient (Wildman–Crippen LogP) is 3.08. The number of hydrogen-bond donors (Lipinski definition) is 0. The van der Waals surface area contributed by atoms with Crippen molar-refractivity contribution >= 4 is 23.5 Å². The highest BCUT2D eigenvalue weighted by Crippen LogP contribution is 2.28. The Balaban J connectivity index is 1.44. The van der Waals surface area contributed by atoms with Crippen LogP contribution in [0.25, 0.3) is 0 Å². The number of carbonyl (C=O) groups excluding carboxylic acids is 3. The summed E-state index contributed by atoms with van der Waals surface area (Å²) in [6.07, 6.45) is 2.33. The minimum absolute atomic E-state index is 0.140. The molecule has 29 heavy (non-hydrogen) atoms. The molecular formula is C23H17N3O3. The fourth-order valence-electron chi connectivity index (χ4n) is 3.92. The molecule has 2 aromatic carbocycles. The molecule has 0 N–H and O–H groups in total. The van der Waals surface area contributed by atoms with Crippen LogP contribution in [0.1, 0.15) is 42.2 Å². The quantitative estimate of drug-likeness (QED) is 0.638. The molecule has 2 aliphatic rings. The van der Waals surface area contributed by atoms with Crippen molar-refractivity contribution in [1.29, 1.82) is 0 Å². The minimum Gasteiger partial charge on any atom is -0.334 e. The van der Waals surface area contributed by atoms with Gasteiger partial charge >= 0.3 is 0 Å². The van der Waals surface area contributed by atoms with Crippen molar-refractivity contribution in [3.05, 3.63) is 94.7 Å². The van der Waals surface area contributed by atoms with Crippen molar-refractivity contribution in [1.82, 2.24) is 9.88 Å². The number of rotatable bonds is 2. The first-order valence-corrected chi connectivity index (χ1v) is 9.43. The number of nitrogens with zero attached hydrogens (tertiary/aromatic N) is 3. The molecule has 3 heterocycles. The van der Waals surface area contributed by atoms with Gasteiger partial charge in [-0.1, -0.05) is 30.3 Å². The van der Waals surface area contributed by atoms with Crippen LogP contribution in [0.15, 0.2) is 66.9 Å². The van der Waals surface area contributed by atoms with Crippen molar-refractivity contribution in [3.63, 3.8) is 0 Å². The van der Waals surface area contributed by atoms with Gasteiger partial charge in [-0.25, -0.2) is 9.88 Å². The van der Waals surface area contributed by atoms with E-state index >= 15 is 0 Å². The van der Waals surface area contributed by atoms with Gasteiger partial charge in [-0.05, 0) is 47.9 Å². The van der Waals surface area contributed by atoms with Crippen LogP contribution in [-0.2, 0) is 13.0 Å². The number of hydrogen-bond acceptors (Lipinski definition) is 4. The summed E-state index contributed by atoms with van der Waals surface area (Å²) in [6, 6.07) is 17.8. The molecule has 5 rings (SSSR count). The highest BCUT2D eigenvalue weighted by molar-refractivity contribution is 6.34. The molecule has 3 aromatic rings. The summed E-state index contributed by atoms with van der Waals surface area (Å²) in [6.45, 7) is 1.17. The van der Waals surface area contributed by atoms with Crippen LogP contribution in [0, 0.1) is 0 Å². The smallest absolute Gasteiger partial charge is 0.267 e. The Morgan fingerprint density at radius 2 is 1.62 bits per heavy atom. The number of amides is 3. The van der Waals surface area contributed by atoms with Gasteiger partial charge < -0.3 is 4.90 Å². The lowest BCUT2D eigenvalue weighted by atomic mass is 9.98. The van der Waals surface area contributed by atoms with E-state index < -0.39 is 11.8 Å². The van der Waals surface area contributed by atoms with Crippen LogP contribution in [0.5, 0.6) is 0 Å². The van der Waals surface area contributed by atoms with E-state index in [1.807, 2.05) is 18.2 Å². The summed E-state index contributed by atoms with van der Waals surface area (Å²) in [7, 11) is 0. The van der Waals surface area contributed by atoms with Crippen molar-refractivity contribution in [2.24, 2.45) is 0 Å². The Hall–Kier alpha value is -3.80. The third kappa shape index (κ3) is 2.81. The second-order valence-electron chi connectivity index (χ2n) is 7.14. The van der Waals surface area contributed by atoms with Gasteiger partial charge in [0.15, 0.2) is 0 Å². The summed E-state index contributed by atoms with van der Waals surface area (Å²) in [5.74, 6) is -0.741. The molecule has 0 saturated heterocycles. The maximum atomic E-state index is 13.1. The topological polar surface area (TPSA) is 70.6 Å². The minimum atomic E-state index is -0.456. The Morgan fingerprint density at radius 1 is 0.862 bits per heavy atom. The summed E-state index contributed by atoms with van der Waals surface area (Å²) in [4.78, 5) is 45.6. The van der Waals surface area contributed by atoms with E-state index in [4.69, 9.17) is 0 Å². The van der Waals surface area contributed by atoms with Crippen LogP contribution < -0.4 is 4.90 Å². The van der Waals surface area contributed by atoms with Crippen LogP contribution in [0.4, 0.5) is 5.82 Å². The fraction of sp³-hybridized carbons (Fsp3) is 0.130. The van der Waals surface area contributed by atoms with E-state index in [2.05, 4.69) is 11.1 Å². The van der Waals surface area contributed by atoms with Gasteiger partial charge in [0.25, 0.3) is 17.7 Å². The van der Waals surface area contributed by atoms with E-state index in [1.54, 1.807) is 35.2 Å². The molecule has 142 valence electrons. The molecule has 6 nitrogen and oxygen atoms in total. The number of aromatic nitrogens is 1. The molecule has 0 saturated carbocycles. The molecule has 0 unspecified atom stereocenters. The molecule has 2 aliphatic heterocycles. The van der Waals surface area contributed by atoms with Gasteiger partial charge in [0.05, 0.1) is 11.1 Å². The number of carbonyl (C=O) groups is 3. The standard InChI is InChI=1S/C23H17N3O3/c27-21(25-12-10-15-5-1-2-6-17(15)14-25)16-8-9-18-19(13-16)23(29)26(22(18)28)20-7-3-4-11-24-20/h1-9,11,13H,10,12,14H2. The molecule has 0 fully saturated rings. The number of imide groups is 1. The van der Waals surface area contributed by atoms with Gasteiger partial charge in [-0.2, -0.15) is 0 Å². The van der Waals surface area contributed by atoms with Gasteiger partial charge in [0, 0.05) is 24.8 Å². The van der Waals surface area contributed by atoms with Crippen molar-refractivity contribution in [3.8, 4) is 0 Å². The fourth-order valence-corrected chi connectivity index (χ4v) is 3.92. The second kappa shape index (κ2) is 6.67. The van der Waals surface area contributed by atoms with Crippen LogP contribution >= 0.6 is 0 Å². The van der Waals surface area contributed by atoms with Crippen LogP contribution in [0.3, 0.4) is 0 Å². The average molecular weight is 383 g/mol. The Morgan fingerprint density at radius 3 is 2.41 bits per heavy atom. The maximum Gasteiger partial charge on any atom is 0.267 e. The predicted molar refractivity (Wildman–Crippen MR) is 107 cm³/mol. The van der Waals surface area contributed by atoms with Gasteiger partial charge in [0.1, 0.15) is 5.82 Å². The SMILES string of the molecule is O=C(c1ccc2c(c1)C(=O)N(c1ccccn1)C2=O)N1CCc2ccccc2C1. The first-order valence-electron chi connectivity index (χ1n) is 9.43. The monoisotopic (exact) mass is 383 g/mol. The highest BCUT2D eigenvalue weighted by Gasteiger charge is 2.38. The first-order chi connectivity index (χ1) is 14.1. The zero-order valence-electron chi connectivity index (χ0n) is 15.5. The second-order valence-corrected chi connectivity index (χ2v) is 7.14. The highest BCUT2D eigenvalue weighted by atomic mass is 16.2. The zero-order valence-corrected chi connectivity index (χ0v) is 15.5. The van der Waals surface area contributed by atoms with E-state index in [1.165, 1.54) is 17.8 Å². The Bertz CT molecular complexity index is 1160. The van der Waals surface area contributed by atoms with Crippen molar-refractivity contribution in [2.75, 3.05) is 11.4 Å². The molecule has 0 bridgehead atoms. The average Bonchev–Trinajstić information content (AvgIpc) is 3.03. The van der Waals surface area contributed by atoms with Gasteiger partial charge in [0.2, 0.25) is 0 Å². The number of anilines is 1. The maximum absolute atomic E-state index is 13.1. The van der Waals surface area contributed by atoms with E-state index in [0.717, 1.165) is 16.9 Å². The molecule has 0 spiro atoms. The number of fused-ring (bicyclic) bond motifs is 2. The lowest BCUT2D eigenvalue weighted by Gasteiger charge is -2.29. The van der Waals surface area contributed by atoms with Crippen molar-refractivity contribution < 1.29 is 14.4 Å². The van der Waals surface area contributed by atoms with Crippen molar-refractivity contribution in [2.45, 2.75) is 13.0 Å². The molecule has 1 aromatic heterocycles. The summed E-state index contributed by atoms with van der Waals surface area (Å²) >= 11 is 0. The molecular weight excluding hydrogens is 366 g/mol. The molecule has 0 radical (unpaired) electrons. The van der Waals surface area contributed by atoms with E-state index in [9.17, 15) is 14.4 Å². The Labute approximate surface area is 167 Å². The van der Waals surface area contributed by atoms with Gasteiger partial charge in [-0.3, -0.25) is 14.4 Å². The van der Waals surface area contributed by atoms with E-state index in [0.29, 0.717) is 24.2 Å². The third-order valence-corrected chi connectivity index (χ3v) is 5.43. The lowest BCUT2D eigenvalue weighted by molar-refractivity contribution is 0.0734. The molecule has 0 atom stereocenters. The van der Waals surface area contributed by atoms with Gasteiger partial charge in [-0.15, -0.1) is 0 Å². The number of pyridine rings is 1. The molecule has 0 aliphatic carbocycles. The Kier molecular flexibility index (Phi) is 3.98. The summed E-state index contributed by atoms with van der Waals surface area (Å²) in [5, 5.41) is 0. The van der Waals surface area contributed by atoms with Crippen LogP contribution in [-0.4, -0.2) is 34.2 Å². The van der Waals surface area contributed by atoms with Crippen LogP contribution in [0.2, 0.25) is 0 Å². The number of benzene rings is 2. The first kappa shape index (κ1) is 17.3. The lowest BCUT2D eigenvalue weighted by Crippen LogP contribution is -2.36. The largest absolute Gasteiger partial charge is 0.334 e.